The predicted octanol–water partition coefficient (Wildman–Crippen LogP) is 3.40. The molecule has 0 atom stereocenters. The number of carbonyl (C=O) groups is 2. The Bertz CT molecular complexity index is 840. The van der Waals surface area contributed by atoms with Crippen molar-refractivity contribution < 1.29 is 14.3 Å². The summed E-state index contributed by atoms with van der Waals surface area (Å²) in [5, 5.41) is 0.569. The van der Waals surface area contributed by atoms with E-state index in [-0.39, 0.29) is 23.3 Å². The molecule has 1 aliphatic rings. The molecule has 2 aromatic rings. The van der Waals surface area contributed by atoms with Gasteiger partial charge in [-0.1, -0.05) is 23.7 Å². The summed E-state index contributed by atoms with van der Waals surface area (Å²) < 4.78 is 5.19. The van der Waals surface area contributed by atoms with Crippen LogP contribution >= 0.6 is 23.8 Å². The van der Waals surface area contributed by atoms with E-state index in [1.165, 1.54) is 16.9 Å². The minimum Gasteiger partial charge on any atom is -0.497 e. The van der Waals surface area contributed by atoms with Crippen LogP contribution in [0.15, 0.2) is 48.5 Å². The molecule has 5 nitrogen and oxygen atoms in total. The van der Waals surface area contributed by atoms with Gasteiger partial charge in [0.25, 0.3) is 0 Å². The molecule has 7 heteroatoms. The highest BCUT2D eigenvalue weighted by Crippen LogP contribution is 2.29. The summed E-state index contributed by atoms with van der Waals surface area (Å²) in [5.74, 6) is -0.169. The van der Waals surface area contributed by atoms with Crippen molar-refractivity contribution in [3.8, 4) is 5.75 Å². The first-order chi connectivity index (χ1) is 11.5. The molecule has 1 saturated heterocycles. The van der Waals surface area contributed by atoms with E-state index in [9.17, 15) is 9.59 Å². The molecule has 0 saturated carbocycles. The van der Waals surface area contributed by atoms with Gasteiger partial charge in [0.05, 0.1) is 18.5 Å². The van der Waals surface area contributed by atoms with Crippen LogP contribution in [0.4, 0.5) is 11.4 Å². The topological polar surface area (TPSA) is 49.9 Å². The maximum absolute atomic E-state index is 12.4. The lowest BCUT2D eigenvalue weighted by molar-refractivity contribution is -0.126. The number of halogens is 1. The molecular weight excluding hydrogens is 348 g/mol. The van der Waals surface area contributed by atoms with Crippen molar-refractivity contribution in [2.24, 2.45) is 0 Å². The second kappa shape index (κ2) is 6.59. The Morgan fingerprint density at radius 2 is 1.58 bits per heavy atom. The highest BCUT2D eigenvalue weighted by Gasteiger charge is 2.37. The average molecular weight is 361 g/mol. The van der Waals surface area contributed by atoms with Gasteiger partial charge < -0.3 is 4.74 Å². The fourth-order valence-corrected chi connectivity index (χ4v) is 3.07. The van der Waals surface area contributed by atoms with Gasteiger partial charge in [-0.15, -0.1) is 0 Å². The fourth-order valence-electron chi connectivity index (χ4n) is 2.47. The van der Waals surface area contributed by atoms with Crippen molar-refractivity contribution in [1.29, 1.82) is 0 Å². The number of anilines is 2. The van der Waals surface area contributed by atoms with Gasteiger partial charge in [0.15, 0.2) is 5.11 Å². The van der Waals surface area contributed by atoms with Crippen LogP contribution in [0.1, 0.15) is 6.42 Å². The van der Waals surface area contributed by atoms with Gasteiger partial charge in [-0.25, -0.2) is 0 Å². The van der Waals surface area contributed by atoms with E-state index in [1.807, 2.05) is 0 Å². The molecule has 0 unspecified atom stereocenters. The summed E-state index contributed by atoms with van der Waals surface area (Å²) in [6.07, 6.45) is -0.274. The van der Waals surface area contributed by atoms with E-state index < -0.39 is 0 Å². The molecule has 1 heterocycles. The fraction of sp³-hybridized carbons (Fsp3) is 0.118. The molecule has 1 aliphatic heterocycles. The van der Waals surface area contributed by atoms with Gasteiger partial charge in [0.1, 0.15) is 12.2 Å². The van der Waals surface area contributed by atoms with Crippen molar-refractivity contribution >= 4 is 52.1 Å². The number of carbonyl (C=O) groups excluding carboxylic acids is 2. The molecule has 0 radical (unpaired) electrons. The van der Waals surface area contributed by atoms with Crippen LogP contribution in [0.2, 0.25) is 5.02 Å². The molecule has 0 spiro atoms. The van der Waals surface area contributed by atoms with Crippen LogP contribution < -0.4 is 14.5 Å². The number of hydrogen-bond donors (Lipinski definition) is 0. The normalized spacial score (nSPS) is 15.0. The van der Waals surface area contributed by atoms with Crippen LogP contribution in [-0.4, -0.2) is 24.0 Å². The van der Waals surface area contributed by atoms with Crippen molar-refractivity contribution in [3.05, 3.63) is 53.6 Å². The SMILES string of the molecule is COc1cccc(N2C(=O)CC(=O)N(c3cccc(Cl)c3)C2=S)c1. The summed E-state index contributed by atoms with van der Waals surface area (Å²) in [4.78, 5) is 27.4. The standard InChI is InChI=1S/C17H13ClN2O3S/c1-23-14-7-3-6-13(9-14)20-16(22)10-15(21)19(17(20)24)12-5-2-4-11(18)8-12/h2-9H,10H2,1H3. The first kappa shape index (κ1) is 16.4. The van der Waals surface area contributed by atoms with E-state index in [4.69, 9.17) is 28.6 Å². The van der Waals surface area contributed by atoms with Gasteiger partial charge in [0.2, 0.25) is 11.8 Å². The molecule has 3 rings (SSSR count). The first-order valence-corrected chi connectivity index (χ1v) is 7.89. The van der Waals surface area contributed by atoms with Gasteiger partial charge >= 0.3 is 0 Å². The van der Waals surface area contributed by atoms with Gasteiger partial charge in [-0.05, 0) is 42.5 Å². The zero-order chi connectivity index (χ0) is 17.3. The molecule has 122 valence electrons. The second-order valence-electron chi connectivity index (χ2n) is 5.10. The Balaban J connectivity index is 2.03. The monoisotopic (exact) mass is 360 g/mol. The van der Waals surface area contributed by atoms with Crippen molar-refractivity contribution in [2.45, 2.75) is 6.42 Å². The maximum Gasteiger partial charge on any atom is 0.242 e. The molecule has 2 aromatic carbocycles. The zero-order valence-corrected chi connectivity index (χ0v) is 14.3. The minimum atomic E-state index is -0.383. The van der Waals surface area contributed by atoms with Crippen LogP contribution in [-0.2, 0) is 9.59 Å². The first-order valence-electron chi connectivity index (χ1n) is 7.11. The lowest BCUT2D eigenvalue weighted by atomic mass is 10.2. The molecule has 2 amide bonds. The van der Waals surface area contributed by atoms with Gasteiger partial charge in [-0.3, -0.25) is 19.4 Å². The van der Waals surface area contributed by atoms with E-state index >= 15 is 0 Å². The third kappa shape index (κ3) is 2.98. The van der Waals surface area contributed by atoms with Crippen LogP contribution in [0, 0.1) is 0 Å². The molecule has 1 fully saturated rings. The van der Waals surface area contributed by atoms with Crippen LogP contribution in [0.5, 0.6) is 5.75 Å². The molecule has 0 aromatic heterocycles. The lowest BCUT2D eigenvalue weighted by Gasteiger charge is -2.35. The minimum absolute atomic E-state index is 0.0896. The molecule has 0 aliphatic carbocycles. The summed E-state index contributed by atoms with van der Waals surface area (Å²) in [6, 6.07) is 13.7. The summed E-state index contributed by atoms with van der Waals surface area (Å²) in [6.45, 7) is 0. The van der Waals surface area contributed by atoms with Crippen molar-refractivity contribution in [1.82, 2.24) is 0 Å². The van der Waals surface area contributed by atoms with Crippen molar-refractivity contribution in [2.75, 3.05) is 16.9 Å². The number of methoxy groups -OCH3 is 1. The quantitative estimate of drug-likeness (QED) is 0.621. The van der Waals surface area contributed by atoms with Gasteiger partial charge in [-0.2, -0.15) is 0 Å². The lowest BCUT2D eigenvalue weighted by Crippen LogP contribution is -2.55. The molecule has 0 bridgehead atoms. The van der Waals surface area contributed by atoms with Crippen LogP contribution in [0.3, 0.4) is 0 Å². The highest BCUT2D eigenvalue weighted by molar-refractivity contribution is 7.81. The van der Waals surface area contributed by atoms with E-state index in [2.05, 4.69) is 0 Å². The Labute approximate surface area is 149 Å². The largest absolute Gasteiger partial charge is 0.497 e. The summed E-state index contributed by atoms with van der Waals surface area (Å²) in [5.41, 5.74) is 1.07. The number of ether oxygens (including phenoxy) is 1. The zero-order valence-electron chi connectivity index (χ0n) is 12.7. The summed E-state index contributed by atoms with van der Waals surface area (Å²) in [7, 11) is 1.54. The Morgan fingerprint density at radius 3 is 2.17 bits per heavy atom. The highest BCUT2D eigenvalue weighted by atomic mass is 35.5. The van der Waals surface area contributed by atoms with Crippen molar-refractivity contribution in [3.63, 3.8) is 0 Å². The third-order valence-corrected chi connectivity index (χ3v) is 4.16. The maximum atomic E-state index is 12.4. The Morgan fingerprint density at radius 1 is 1.00 bits per heavy atom. The molecular formula is C17H13ClN2O3S. The van der Waals surface area contributed by atoms with Gasteiger partial charge in [0, 0.05) is 11.1 Å². The smallest absolute Gasteiger partial charge is 0.242 e. The number of benzene rings is 2. The number of rotatable bonds is 3. The number of thiocarbonyl (C=S) groups is 1. The third-order valence-electron chi connectivity index (χ3n) is 3.56. The van der Waals surface area contributed by atoms with E-state index in [0.717, 1.165) is 0 Å². The average Bonchev–Trinajstić information content (AvgIpc) is 2.54. The second-order valence-corrected chi connectivity index (χ2v) is 5.90. The molecule has 24 heavy (non-hydrogen) atoms. The number of nitrogens with zero attached hydrogens (tertiary/aromatic N) is 2. The Kier molecular flexibility index (Phi) is 4.51. The number of amides is 2. The van der Waals surface area contributed by atoms with Crippen LogP contribution in [0.25, 0.3) is 0 Å². The number of hydrogen-bond acceptors (Lipinski definition) is 4. The summed E-state index contributed by atoms with van der Waals surface area (Å²) >= 11 is 11.4. The Hall–Kier alpha value is -2.44. The van der Waals surface area contributed by atoms with E-state index in [0.29, 0.717) is 22.1 Å². The predicted molar refractivity (Wildman–Crippen MR) is 96.6 cm³/mol. The molecule has 0 N–H and O–H groups in total. The van der Waals surface area contributed by atoms with E-state index in [1.54, 1.807) is 48.5 Å².